The van der Waals surface area contributed by atoms with Crippen LogP contribution >= 0.6 is 0 Å². The molecule has 0 rings (SSSR count). The summed E-state index contributed by atoms with van der Waals surface area (Å²) in [6.45, 7) is 9.52. The van der Waals surface area contributed by atoms with Gasteiger partial charge in [0.25, 0.3) is 0 Å². The normalized spacial score (nSPS) is 11.5. The highest BCUT2D eigenvalue weighted by atomic mass is 16.5. The van der Waals surface area contributed by atoms with Crippen molar-refractivity contribution in [2.45, 2.75) is 0 Å². The third-order valence-corrected chi connectivity index (χ3v) is 3.45. The van der Waals surface area contributed by atoms with Gasteiger partial charge in [-0.15, -0.1) is 0 Å². The minimum atomic E-state index is 0.653. The number of hydrogen-bond acceptors (Lipinski definition) is 7. The summed E-state index contributed by atoms with van der Waals surface area (Å²) in [6, 6.07) is 0. The van der Waals surface area contributed by atoms with Crippen LogP contribution in [0.25, 0.3) is 0 Å². The van der Waals surface area contributed by atoms with Crippen molar-refractivity contribution in [1.82, 2.24) is 19.6 Å². The van der Waals surface area contributed by atoms with Crippen LogP contribution in [-0.2, 0) is 14.2 Å². The van der Waals surface area contributed by atoms with Crippen molar-refractivity contribution in [2.24, 2.45) is 0 Å². The van der Waals surface area contributed by atoms with Gasteiger partial charge in [0.05, 0.1) is 26.4 Å². The second kappa shape index (κ2) is 20.0. The molecule has 0 bridgehead atoms. The fourth-order valence-electron chi connectivity index (χ4n) is 1.75. The largest absolute Gasteiger partial charge is 0.382 e. The molecule has 0 fully saturated rings. The minimum Gasteiger partial charge on any atom is -0.382 e. The maximum atomic E-state index is 5.06. The van der Waals surface area contributed by atoms with E-state index >= 15 is 0 Å². The number of methoxy groups -OCH3 is 2. The molecule has 0 unspecified atom stereocenters. The summed E-state index contributed by atoms with van der Waals surface area (Å²) in [6.07, 6.45) is 0. The Balaban J connectivity index is 0. The van der Waals surface area contributed by atoms with E-state index in [1.165, 1.54) is 0 Å². The van der Waals surface area contributed by atoms with Crippen molar-refractivity contribution < 1.29 is 14.2 Å². The molecule has 0 saturated heterocycles. The average Bonchev–Trinajstić information content (AvgIpc) is 2.54. The van der Waals surface area contributed by atoms with Crippen molar-refractivity contribution in [3.05, 3.63) is 0 Å². The van der Waals surface area contributed by atoms with Crippen LogP contribution in [0.1, 0.15) is 0 Å². The van der Waals surface area contributed by atoms with E-state index in [0.717, 1.165) is 39.3 Å². The first-order chi connectivity index (χ1) is 11.8. The van der Waals surface area contributed by atoms with E-state index in [0.29, 0.717) is 26.4 Å². The molecular weight excluding hydrogens is 320 g/mol. The highest BCUT2D eigenvalue weighted by Gasteiger charge is 2.06. The van der Waals surface area contributed by atoms with Crippen LogP contribution in [0.3, 0.4) is 0 Å². The molecule has 0 atom stereocenters. The molecule has 0 aliphatic carbocycles. The first-order valence-corrected chi connectivity index (χ1v) is 9.05. The Morgan fingerprint density at radius 2 is 0.800 bits per heavy atom. The molecule has 25 heavy (non-hydrogen) atoms. The van der Waals surface area contributed by atoms with Gasteiger partial charge in [-0.1, -0.05) is 0 Å². The molecule has 7 nitrogen and oxygen atoms in total. The van der Waals surface area contributed by atoms with Gasteiger partial charge in [-0.2, -0.15) is 0 Å². The molecule has 0 amide bonds. The molecule has 0 heterocycles. The van der Waals surface area contributed by atoms with Crippen LogP contribution < -0.4 is 0 Å². The van der Waals surface area contributed by atoms with Crippen LogP contribution in [0.15, 0.2) is 0 Å². The van der Waals surface area contributed by atoms with Gasteiger partial charge in [0.15, 0.2) is 0 Å². The zero-order chi connectivity index (χ0) is 19.5. The maximum Gasteiger partial charge on any atom is 0.0701 e. The van der Waals surface area contributed by atoms with E-state index in [9.17, 15) is 0 Å². The van der Waals surface area contributed by atoms with E-state index < -0.39 is 0 Å². The lowest BCUT2D eigenvalue weighted by Crippen LogP contribution is -2.40. The Kier molecular flexibility index (Phi) is 21.6. The van der Waals surface area contributed by atoms with Crippen molar-refractivity contribution in [3.8, 4) is 0 Å². The number of likely N-dealkylation sites (N-methyl/N-ethyl adjacent to an activating group) is 3. The van der Waals surface area contributed by atoms with Crippen LogP contribution in [0, 0.1) is 0 Å². The number of hydrogen-bond donors (Lipinski definition) is 0. The van der Waals surface area contributed by atoms with Crippen molar-refractivity contribution >= 4 is 0 Å². The lowest BCUT2D eigenvalue weighted by Gasteiger charge is -2.26. The average molecular weight is 365 g/mol. The van der Waals surface area contributed by atoms with Gasteiger partial charge >= 0.3 is 0 Å². The quantitative estimate of drug-likeness (QED) is 0.386. The fourth-order valence-corrected chi connectivity index (χ4v) is 1.75. The molecular formula is C18H44N4O3. The van der Waals surface area contributed by atoms with Crippen LogP contribution in [-0.4, -0.2) is 142 Å². The summed E-state index contributed by atoms with van der Waals surface area (Å²) in [5.74, 6) is 0. The number of ether oxygens (including phenoxy) is 3. The first-order valence-electron chi connectivity index (χ1n) is 9.05. The number of nitrogens with zero attached hydrogens (tertiary/aromatic N) is 4. The van der Waals surface area contributed by atoms with Crippen LogP contribution in [0.5, 0.6) is 0 Å². The van der Waals surface area contributed by atoms with Crippen molar-refractivity contribution in [2.75, 3.05) is 122 Å². The summed E-state index contributed by atoms with van der Waals surface area (Å²) in [5, 5.41) is 0. The lowest BCUT2D eigenvalue weighted by atomic mass is 10.4. The minimum absolute atomic E-state index is 0.653. The molecule has 0 spiro atoms. The van der Waals surface area contributed by atoms with Gasteiger partial charge in [-0.05, 0) is 42.3 Å². The monoisotopic (exact) mass is 364 g/mol. The van der Waals surface area contributed by atoms with Gasteiger partial charge in [0, 0.05) is 53.5 Å². The predicted molar refractivity (Wildman–Crippen MR) is 107 cm³/mol. The molecule has 0 aromatic rings. The van der Waals surface area contributed by atoms with E-state index in [1.54, 1.807) is 14.2 Å². The van der Waals surface area contributed by atoms with Gasteiger partial charge in [0.1, 0.15) is 0 Å². The standard InChI is InChI=1S/C12H30N4.C6H14O3/c1-13(2)7-10-16(11-8-14(3)4)12-9-15(5)6;1-7-3-5-9-6-4-8-2/h7-12H2,1-6H3;3-6H2,1-2H3. The zero-order valence-electron chi connectivity index (χ0n) is 18.1. The van der Waals surface area contributed by atoms with Crippen molar-refractivity contribution in [3.63, 3.8) is 0 Å². The zero-order valence-corrected chi connectivity index (χ0v) is 18.1. The maximum absolute atomic E-state index is 5.06. The summed E-state index contributed by atoms with van der Waals surface area (Å²) in [5.41, 5.74) is 0. The Bertz CT molecular complexity index is 220. The van der Waals surface area contributed by atoms with Gasteiger partial charge in [0.2, 0.25) is 0 Å². The predicted octanol–water partition coefficient (Wildman–Crippen LogP) is 0.269. The highest BCUT2D eigenvalue weighted by Crippen LogP contribution is 1.91. The number of rotatable bonds is 15. The van der Waals surface area contributed by atoms with Crippen LogP contribution in [0.2, 0.25) is 0 Å². The van der Waals surface area contributed by atoms with Gasteiger partial charge in [-0.25, -0.2) is 0 Å². The van der Waals surface area contributed by atoms with E-state index in [1.807, 2.05) is 0 Å². The van der Waals surface area contributed by atoms with E-state index in [-0.39, 0.29) is 0 Å². The third kappa shape index (κ3) is 26.1. The lowest BCUT2D eigenvalue weighted by molar-refractivity contribution is 0.0385. The summed E-state index contributed by atoms with van der Waals surface area (Å²) < 4.78 is 14.6. The smallest absolute Gasteiger partial charge is 0.0701 e. The Hall–Kier alpha value is -0.280. The topological polar surface area (TPSA) is 40.7 Å². The fraction of sp³-hybridized carbons (Fsp3) is 1.00. The molecule has 154 valence electrons. The summed E-state index contributed by atoms with van der Waals surface area (Å²) in [4.78, 5) is 9.29. The molecule has 0 aromatic carbocycles. The molecule has 0 radical (unpaired) electrons. The Morgan fingerprint density at radius 3 is 1.04 bits per heavy atom. The summed E-state index contributed by atoms with van der Waals surface area (Å²) >= 11 is 0. The molecule has 0 saturated carbocycles. The molecule has 0 aliphatic rings. The molecule has 0 aromatic heterocycles. The summed E-state index contributed by atoms with van der Waals surface area (Å²) in [7, 11) is 16.1. The van der Waals surface area contributed by atoms with Crippen molar-refractivity contribution in [1.29, 1.82) is 0 Å². The third-order valence-electron chi connectivity index (χ3n) is 3.45. The molecule has 0 N–H and O–H groups in total. The van der Waals surface area contributed by atoms with Crippen LogP contribution in [0.4, 0.5) is 0 Å². The van der Waals surface area contributed by atoms with E-state index in [4.69, 9.17) is 14.2 Å². The second-order valence-corrected chi connectivity index (χ2v) is 6.85. The SMILES string of the molecule is CN(C)CCN(CCN(C)C)CCN(C)C.COCCOCCOC. The molecule has 0 aliphatic heterocycles. The van der Waals surface area contributed by atoms with Gasteiger partial charge < -0.3 is 28.9 Å². The van der Waals surface area contributed by atoms with E-state index in [2.05, 4.69) is 61.9 Å². The second-order valence-electron chi connectivity index (χ2n) is 6.85. The first kappa shape index (κ1) is 26.9. The Morgan fingerprint density at radius 1 is 0.480 bits per heavy atom. The highest BCUT2D eigenvalue weighted by molar-refractivity contribution is 4.63. The molecule has 7 heteroatoms. The van der Waals surface area contributed by atoms with Gasteiger partial charge in [-0.3, -0.25) is 4.90 Å². The Labute approximate surface area is 156 Å².